The molecule has 0 amide bonds. The van der Waals surface area contributed by atoms with Crippen LogP contribution in [0, 0.1) is 0 Å². The van der Waals surface area contributed by atoms with Crippen molar-refractivity contribution in [2.75, 3.05) is 12.8 Å². The molecule has 4 nitrogen and oxygen atoms in total. The fourth-order valence-corrected chi connectivity index (χ4v) is 1.80. The minimum atomic E-state index is -0.125. The van der Waals surface area contributed by atoms with E-state index in [1.807, 2.05) is 0 Å². The molecule has 21 heavy (non-hydrogen) atoms. The molecule has 2 rings (SSSR count). The molecule has 1 aromatic heterocycles. The van der Waals surface area contributed by atoms with Gasteiger partial charge >= 0.3 is 0 Å². The van der Waals surface area contributed by atoms with Crippen molar-refractivity contribution in [3.8, 4) is 5.75 Å². The first-order valence-corrected chi connectivity index (χ1v) is 6.30. The molecule has 0 spiro atoms. The maximum atomic E-state index is 12.0. The van der Waals surface area contributed by atoms with Gasteiger partial charge in [0.15, 0.2) is 5.78 Å². The Hall–Kier alpha value is -2.04. The summed E-state index contributed by atoms with van der Waals surface area (Å²) in [5, 5.41) is 0.542. The zero-order valence-corrected chi connectivity index (χ0v) is 12.8. The van der Waals surface area contributed by atoms with Crippen LogP contribution >= 0.6 is 11.6 Å². The van der Waals surface area contributed by atoms with E-state index in [2.05, 4.69) is 0 Å². The number of carbonyl (C=O) groups is 1. The molecule has 0 aliphatic carbocycles. The van der Waals surface area contributed by atoms with E-state index >= 15 is 0 Å². The summed E-state index contributed by atoms with van der Waals surface area (Å²) in [5.74, 6) is 1.08. The van der Waals surface area contributed by atoms with Crippen LogP contribution in [0.25, 0.3) is 6.20 Å². The Labute approximate surface area is 134 Å². The monoisotopic (exact) mass is 324 g/mol. The smallest absolute Gasteiger partial charge is 0.277 e. The zero-order valence-electron chi connectivity index (χ0n) is 11.3. The number of halogens is 2. The molecule has 0 aliphatic rings. The molecular formula is C15H14Cl2N2O2. The minimum Gasteiger partial charge on any atom is -1.00 e. The van der Waals surface area contributed by atoms with Crippen LogP contribution in [0.4, 0.5) is 5.82 Å². The van der Waals surface area contributed by atoms with Gasteiger partial charge in [0.1, 0.15) is 11.9 Å². The van der Waals surface area contributed by atoms with E-state index in [9.17, 15) is 4.79 Å². The van der Waals surface area contributed by atoms with Crippen LogP contribution < -0.4 is 27.4 Å². The third kappa shape index (κ3) is 4.48. The standard InChI is InChI=1S/C15H13ClN2O2.ClH/c1-20-13-5-2-11(3-6-13)14(19)8-9-18-10-12(16)4-7-15(18)17;/h2-10,17H,1H3;1H/b9-8+;. The average Bonchev–Trinajstić information content (AvgIpc) is 2.48. The lowest BCUT2D eigenvalue weighted by Crippen LogP contribution is -3.00. The van der Waals surface area contributed by atoms with Crippen molar-refractivity contribution >= 4 is 29.4 Å². The molecule has 2 N–H and O–H groups in total. The summed E-state index contributed by atoms with van der Waals surface area (Å²) >= 11 is 5.87. The van der Waals surface area contributed by atoms with Gasteiger partial charge in [-0.2, -0.15) is 0 Å². The van der Waals surface area contributed by atoms with Gasteiger partial charge in [-0.05, 0) is 30.3 Å². The number of methoxy groups -OCH3 is 1. The third-order valence-electron chi connectivity index (χ3n) is 2.73. The number of aromatic nitrogens is 1. The van der Waals surface area contributed by atoms with Crippen molar-refractivity contribution in [3.05, 3.63) is 59.3 Å². The first-order valence-electron chi connectivity index (χ1n) is 5.93. The number of ketones is 1. The van der Waals surface area contributed by atoms with Crippen LogP contribution in [-0.4, -0.2) is 12.9 Å². The Balaban J connectivity index is 0.00000220. The van der Waals surface area contributed by atoms with E-state index in [1.54, 1.807) is 60.5 Å². The SMILES string of the molecule is COc1ccc(C(=O)/C=C/[n+]2cc(Cl)ccc2N)cc1.[Cl-]. The molecular weight excluding hydrogens is 311 g/mol. The summed E-state index contributed by atoms with van der Waals surface area (Å²) in [7, 11) is 1.58. The summed E-state index contributed by atoms with van der Waals surface area (Å²) < 4.78 is 6.63. The quantitative estimate of drug-likeness (QED) is 0.472. The largest absolute Gasteiger partial charge is 1.00 e. The molecule has 0 aliphatic heterocycles. The summed E-state index contributed by atoms with van der Waals surface area (Å²) in [6, 6.07) is 10.2. The molecule has 2 aromatic rings. The van der Waals surface area contributed by atoms with E-state index in [-0.39, 0.29) is 18.2 Å². The number of pyridine rings is 1. The Bertz CT molecular complexity index is 655. The molecule has 0 saturated carbocycles. The molecule has 1 aromatic carbocycles. The number of carbonyl (C=O) groups excluding carboxylic acids is 1. The van der Waals surface area contributed by atoms with E-state index in [0.717, 1.165) is 0 Å². The maximum Gasteiger partial charge on any atom is 0.277 e. The molecule has 0 saturated heterocycles. The number of allylic oxidation sites excluding steroid dienone is 1. The van der Waals surface area contributed by atoms with Crippen LogP contribution in [0.3, 0.4) is 0 Å². The second-order valence-corrected chi connectivity index (χ2v) is 4.52. The lowest BCUT2D eigenvalue weighted by molar-refractivity contribution is -0.552. The zero-order chi connectivity index (χ0) is 14.5. The van der Waals surface area contributed by atoms with Crippen LogP contribution in [-0.2, 0) is 0 Å². The number of ether oxygens (including phenoxy) is 1. The molecule has 0 bridgehead atoms. The normalized spacial score (nSPS) is 10.2. The lowest BCUT2D eigenvalue weighted by Gasteiger charge is -2.00. The number of nitrogen functional groups attached to an aromatic ring is 1. The highest BCUT2D eigenvalue weighted by Gasteiger charge is 2.05. The third-order valence-corrected chi connectivity index (χ3v) is 2.96. The van der Waals surface area contributed by atoms with Gasteiger partial charge in [0.25, 0.3) is 5.82 Å². The van der Waals surface area contributed by atoms with Gasteiger partial charge in [-0.15, -0.1) is 0 Å². The van der Waals surface area contributed by atoms with E-state index in [0.29, 0.717) is 22.2 Å². The van der Waals surface area contributed by atoms with Crippen molar-refractivity contribution in [3.63, 3.8) is 0 Å². The Morgan fingerprint density at radius 2 is 1.90 bits per heavy atom. The Kier molecular flexibility index (Phi) is 6.21. The fraction of sp³-hybridized carbons (Fsp3) is 0.0667. The number of nitrogens with zero attached hydrogens (tertiary/aromatic N) is 1. The highest BCUT2D eigenvalue weighted by Crippen LogP contribution is 2.12. The topological polar surface area (TPSA) is 56.2 Å². The summed E-state index contributed by atoms with van der Waals surface area (Å²) in [5.41, 5.74) is 6.35. The molecule has 0 unspecified atom stereocenters. The molecule has 110 valence electrons. The van der Waals surface area contributed by atoms with Crippen molar-refractivity contribution in [1.82, 2.24) is 0 Å². The number of anilines is 1. The number of nitrogens with two attached hydrogens (primary N) is 1. The first kappa shape index (κ1) is 17.0. The van der Waals surface area contributed by atoms with Crippen LogP contribution in [0.5, 0.6) is 5.75 Å². The average molecular weight is 325 g/mol. The second-order valence-electron chi connectivity index (χ2n) is 4.09. The lowest BCUT2D eigenvalue weighted by atomic mass is 10.1. The molecule has 6 heteroatoms. The van der Waals surface area contributed by atoms with E-state index < -0.39 is 0 Å². The molecule has 0 fully saturated rings. The Morgan fingerprint density at radius 3 is 2.52 bits per heavy atom. The predicted molar refractivity (Wildman–Crippen MR) is 78.7 cm³/mol. The van der Waals surface area contributed by atoms with Crippen molar-refractivity contribution in [2.24, 2.45) is 0 Å². The summed E-state index contributed by atoms with van der Waals surface area (Å²) in [4.78, 5) is 12.0. The predicted octanol–water partition coefficient (Wildman–Crippen LogP) is -0.424. The molecule has 0 radical (unpaired) electrons. The van der Waals surface area contributed by atoms with Crippen LogP contribution in [0.15, 0.2) is 48.7 Å². The van der Waals surface area contributed by atoms with Gasteiger partial charge in [0.05, 0.1) is 18.3 Å². The van der Waals surface area contributed by atoms with Crippen LogP contribution in [0.1, 0.15) is 10.4 Å². The Morgan fingerprint density at radius 1 is 1.24 bits per heavy atom. The number of hydrogen-bond donors (Lipinski definition) is 1. The van der Waals surface area contributed by atoms with Gasteiger partial charge in [0, 0.05) is 17.7 Å². The minimum absolute atomic E-state index is 0. The highest BCUT2D eigenvalue weighted by atomic mass is 35.5. The number of hydrogen-bond acceptors (Lipinski definition) is 3. The molecule has 1 heterocycles. The van der Waals surface area contributed by atoms with Crippen molar-refractivity contribution in [1.29, 1.82) is 0 Å². The summed E-state index contributed by atoms with van der Waals surface area (Å²) in [6.45, 7) is 0. The fourth-order valence-electron chi connectivity index (χ4n) is 1.63. The maximum absolute atomic E-state index is 12.0. The van der Waals surface area contributed by atoms with Gasteiger partial charge < -0.3 is 17.1 Å². The second kappa shape index (κ2) is 7.67. The first-order chi connectivity index (χ1) is 9.60. The summed E-state index contributed by atoms with van der Waals surface area (Å²) in [6.07, 6.45) is 4.65. The van der Waals surface area contributed by atoms with Gasteiger partial charge in [-0.3, -0.25) is 10.5 Å². The van der Waals surface area contributed by atoms with Gasteiger partial charge in [0.2, 0.25) is 0 Å². The molecule has 0 atom stereocenters. The number of benzene rings is 1. The number of rotatable bonds is 4. The van der Waals surface area contributed by atoms with Crippen LogP contribution in [0.2, 0.25) is 5.02 Å². The van der Waals surface area contributed by atoms with E-state index in [1.165, 1.54) is 6.08 Å². The van der Waals surface area contributed by atoms with Gasteiger partial charge in [-0.25, -0.2) is 4.57 Å². The van der Waals surface area contributed by atoms with Crippen molar-refractivity contribution < 1.29 is 26.5 Å². The van der Waals surface area contributed by atoms with Crippen molar-refractivity contribution in [2.45, 2.75) is 0 Å². The van der Waals surface area contributed by atoms with E-state index in [4.69, 9.17) is 22.1 Å². The highest BCUT2D eigenvalue weighted by molar-refractivity contribution is 6.30. The van der Waals surface area contributed by atoms with Gasteiger partial charge in [-0.1, -0.05) is 11.6 Å².